The van der Waals surface area contributed by atoms with E-state index in [1.54, 1.807) is 19.1 Å². The number of halogens is 1. The summed E-state index contributed by atoms with van der Waals surface area (Å²) in [6, 6.07) is 5.02. The average molecular weight is 392 g/mol. The SMILES string of the molecule is CC1(OCC(=O)O)CN(c2ccc(I)cc2[N+](=O)[O-])C1. The Hall–Kier alpha value is -1.42. The van der Waals surface area contributed by atoms with E-state index in [9.17, 15) is 14.9 Å². The topological polar surface area (TPSA) is 92.9 Å². The Morgan fingerprint density at radius 2 is 2.25 bits per heavy atom. The number of nitrogens with zero attached hydrogens (tertiary/aromatic N) is 2. The molecule has 1 aromatic rings. The van der Waals surface area contributed by atoms with Crippen LogP contribution in [0.2, 0.25) is 0 Å². The van der Waals surface area contributed by atoms with Crippen molar-refractivity contribution >= 4 is 39.9 Å². The standard InChI is InChI=1S/C12H13IN2O5/c1-12(20-5-11(16)17)6-14(7-12)9-3-2-8(13)4-10(9)15(18)19/h2-4H,5-7H2,1H3,(H,16,17). The lowest BCUT2D eigenvalue weighted by molar-refractivity contribution is -0.384. The molecule has 0 aliphatic carbocycles. The Balaban J connectivity index is 2.09. The number of carboxylic acids is 1. The molecule has 1 saturated heterocycles. The number of hydrogen-bond donors (Lipinski definition) is 1. The quantitative estimate of drug-likeness (QED) is 0.467. The van der Waals surface area contributed by atoms with Gasteiger partial charge in [-0.3, -0.25) is 10.1 Å². The summed E-state index contributed by atoms with van der Waals surface area (Å²) in [7, 11) is 0. The molecule has 0 amide bonds. The van der Waals surface area contributed by atoms with E-state index in [1.165, 1.54) is 6.07 Å². The van der Waals surface area contributed by atoms with Crippen LogP contribution in [-0.4, -0.2) is 41.3 Å². The molecule has 7 nitrogen and oxygen atoms in total. The molecule has 8 heteroatoms. The van der Waals surface area contributed by atoms with Crippen LogP contribution in [0.5, 0.6) is 0 Å². The molecule has 108 valence electrons. The lowest BCUT2D eigenvalue weighted by Gasteiger charge is -2.48. The number of hydrogen-bond acceptors (Lipinski definition) is 5. The molecular weight excluding hydrogens is 379 g/mol. The van der Waals surface area contributed by atoms with Crippen LogP contribution in [0.15, 0.2) is 18.2 Å². The van der Waals surface area contributed by atoms with Gasteiger partial charge in [0.1, 0.15) is 17.9 Å². The van der Waals surface area contributed by atoms with Gasteiger partial charge in [0.05, 0.1) is 4.92 Å². The molecule has 1 heterocycles. The fraction of sp³-hybridized carbons (Fsp3) is 0.417. The van der Waals surface area contributed by atoms with Crippen LogP contribution < -0.4 is 4.90 Å². The molecule has 0 saturated carbocycles. The van der Waals surface area contributed by atoms with Crippen molar-refractivity contribution in [1.29, 1.82) is 0 Å². The van der Waals surface area contributed by atoms with Gasteiger partial charge in [-0.1, -0.05) is 0 Å². The highest BCUT2D eigenvalue weighted by atomic mass is 127. The van der Waals surface area contributed by atoms with Crippen LogP contribution in [0.3, 0.4) is 0 Å². The van der Waals surface area contributed by atoms with Crippen LogP contribution in [0.1, 0.15) is 6.92 Å². The molecule has 1 aliphatic heterocycles. The second-order valence-corrected chi connectivity index (χ2v) is 6.12. The predicted molar refractivity (Wildman–Crippen MR) is 80.0 cm³/mol. The van der Waals surface area contributed by atoms with Gasteiger partial charge in [0.15, 0.2) is 0 Å². The van der Waals surface area contributed by atoms with Crippen LogP contribution in [0.25, 0.3) is 0 Å². The van der Waals surface area contributed by atoms with Crippen LogP contribution in [0, 0.1) is 13.7 Å². The first kappa shape index (κ1) is 15.0. The van der Waals surface area contributed by atoms with Crippen molar-refractivity contribution in [2.75, 3.05) is 24.6 Å². The highest BCUT2D eigenvalue weighted by Crippen LogP contribution is 2.36. The van der Waals surface area contributed by atoms with Crippen LogP contribution >= 0.6 is 22.6 Å². The second-order valence-electron chi connectivity index (χ2n) is 4.88. The van der Waals surface area contributed by atoms with E-state index in [2.05, 4.69) is 0 Å². The molecule has 0 bridgehead atoms. The van der Waals surface area contributed by atoms with Crippen molar-refractivity contribution in [3.05, 3.63) is 31.9 Å². The molecule has 1 aliphatic rings. The minimum Gasteiger partial charge on any atom is -0.480 e. The van der Waals surface area contributed by atoms with Gasteiger partial charge in [-0.05, 0) is 41.6 Å². The molecule has 0 aromatic heterocycles. The molecule has 2 rings (SSSR count). The lowest BCUT2D eigenvalue weighted by Crippen LogP contribution is -2.62. The summed E-state index contributed by atoms with van der Waals surface area (Å²) in [6.45, 7) is 2.30. The Bertz CT molecular complexity index is 557. The van der Waals surface area contributed by atoms with Gasteiger partial charge in [0, 0.05) is 22.7 Å². The Labute approximate surface area is 128 Å². The summed E-state index contributed by atoms with van der Waals surface area (Å²) >= 11 is 2.02. The normalized spacial score (nSPS) is 16.6. The predicted octanol–water partition coefficient (Wildman–Crippen LogP) is 1.88. The maximum absolute atomic E-state index is 11.1. The number of benzene rings is 1. The zero-order chi connectivity index (χ0) is 14.9. The van der Waals surface area contributed by atoms with E-state index in [0.29, 0.717) is 18.8 Å². The summed E-state index contributed by atoms with van der Waals surface area (Å²) in [5, 5.41) is 19.7. The Morgan fingerprint density at radius 1 is 1.60 bits per heavy atom. The van der Waals surface area contributed by atoms with Crippen LogP contribution in [-0.2, 0) is 9.53 Å². The average Bonchev–Trinajstić information content (AvgIpc) is 2.33. The van der Waals surface area contributed by atoms with Crippen molar-refractivity contribution in [3.63, 3.8) is 0 Å². The van der Waals surface area contributed by atoms with Crippen molar-refractivity contribution in [2.45, 2.75) is 12.5 Å². The Kier molecular flexibility index (Phi) is 4.14. The van der Waals surface area contributed by atoms with Crippen molar-refractivity contribution < 1.29 is 19.6 Å². The minimum atomic E-state index is -1.02. The summed E-state index contributed by atoms with van der Waals surface area (Å²) in [5.41, 5.74) is 0.0129. The van der Waals surface area contributed by atoms with Gasteiger partial charge in [0.25, 0.3) is 5.69 Å². The highest BCUT2D eigenvalue weighted by Gasteiger charge is 2.42. The van der Waals surface area contributed by atoms with Gasteiger partial charge in [-0.2, -0.15) is 0 Å². The number of carboxylic acid groups (broad SMARTS) is 1. The van der Waals surface area contributed by atoms with Gasteiger partial charge in [0.2, 0.25) is 0 Å². The Morgan fingerprint density at radius 3 is 2.80 bits per heavy atom. The van der Waals surface area contributed by atoms with Gasteiger partial charge in [-0.25, -0.2) is 4.79 Å². The van der Waals surface area contributed by atoms with E-state index >= 15 is 0 Å². The molecule has 1 aromatic carbocycles. The molecule has 1 fully saturated rings. The minimum absolute atomic E-state index is 0.0529. The summed E-state index contributed by atoms with van der Waals surface area (Å²) in [5.74, 6) is -1.02. The largest absolute Gasteiger partial charge is 0.480 e. The third-order valence-corrected chi connectivity index (χ3v) is 3.74. The third kappa shape index (κ3) is 3.18. The van der Waals surface area contributed by atoms with Crippen molar-refractivity contribution in [3.8, 4) is 0 Å². The van der Waals surface area contributed by atoms with Crippen molar-refractivity contribution in [1.82, 2.24) is 0 Å². The number of nitro benzene ring substituents is 1. The lowest BCUT2D eigenvalue weighted by atomic mass is 9.95. The van der Waals surface area contributed by atoms with E-state index in [1.807, 2.05) is 27.5 Å². The highest BCUT2D eigenvalue weighted by molar-refractivity contribution is 14.1. The first-order valence-electron chi connectivity index (χ1n) is 5.85. The van der Waals surface area contributed by atoms with E-state index in [-0.39, 0.29) is 12.3 Å². The molecule has 1 N–H and O–H groups in total. The second kappa shape index (κ2) is 5.52. The maximum atomic E-state index is 11.1. The van der Waals surface area contributed by atoms with Crippen LogP contribution in [0.4, 0.5) is 11.4 Å². The smallest absolute Gasteiger partial charge is 0.329 e. The number of ether oxygens (including phenoxy) is 1. The maximum Gasteiger partial charge on any atom is 0.329 e. The molecule has 0 radical (unpaired) electrons. The van der Waals surface area contributed by atoms with E-state index < -0.39 is 16.5 Å². The number of carbonyl (C=O) groups is 1. The molecule has 0 atom stereocenters. The summed E-state index contributed by atoms with van der Waals surface area (Å²) in [6.07, 6.45) is 0. The summed E-state index contributed by atoms with van der Waals surface area (Å²) in [4.78, 5) is 23.0. The third-order valence-electron chi connectivity index (χ3n) is 3.07. The summed E-state index contributed by atoms with van der Waals surface area (Å²) < 4.78 is 6.09. The number of nitro groups is 1. The monoisotopic (exact) mass is 392 g/mol. The van der Waals surface area contributed by atoms with Gasteiger partial charge in [-0.15, -0.1) is 0 Å². The molecular formula is C12H13IN2O5. The molecule has 20 heavy (non-hydrogen) atoms. The zero-order valence-electron chi connectivity index (χ0n) is 10.7. The molecule has 0 unspecified atom stereocenters. The van der Waals surface area contributed by atoms with Gasteiger partial charge >= 0.3 is 5.97 Å². The van der Waals surface area contributed by atoms with E-state index in [4.69, 9.17) is 9.84 Å². The fourth-order valence-electron chi connectivity index (χ4n) is 2.17. The zero-order valence-corrected chi connectivity index (χ0v) is 12.9. The first-order valence-corrected chi connectivity index (χ1v) is 6.93. The number of anilines is 1. The van der Waals surface area contributed by atoms with Gasteiger partial charge < -0.3 is 14.7 Å². The molecule has 0 spiro atoms. The first-order chi connectivity index (χ1) is 9.31. The number of rotatable bonds is 5. The van der Waals surface area contributed by atoms with E-state index in [0.717, 1.165) is 3.57 Å². The number of aliphatic carboxylic acids is 1. The fourth-order valence-corrected chi connectivity index (χ4v) is 2.64. The van der Waals surface area contributed by atoms with Crippen molar-refractivity contribution in [2.24, 2.45) is 0 Å².